The molecule has 0 fully saturated rings. The Labute approximate surface area is 185 Å². The molecule has 0 aliphatic heterocycles. The minimum absolute atomic E-state index is 0.0839. The standard InChI is InChI=1S/C18H19F3N4O7S/c1-30-6-7-31-10-15(26)25(23)17(27)16-14(22)8-13(9-24-16)33(28,29)12-4-2-11(3-5-12)32-18(19,20)21/h2-5,8-9H,6-7,10,22-23H2,1H3. The van der Waals surface area contributed by atoms with Crippen molar-refractivity contribution < 1.29 is 45.4 Å². The van der Waals surface area contributed by atoms with E-state index in [1.807, 2.05) is 0 Å². The smallest absolute Gasteiger partial charge is 0.406 e. The number of amides is 2. The number of aromatic nitrogens is 1. The third kappa shape index (κ3) is 6.85. The number of carbonyl (C=O) groups is 2. The van der Waals surface area contributed by atoms with Crippen molar-refractivity contribution in [1.29, 1.82) is 0 Å². The predicted octanol–water partition coefficient (Wildman–Crippen LogP) is 0.901. The van der Waals surface area contributed by atoms with Gasteiger partial charge in [0.15, 0.2) is 5.69 Å². The number of ether oxygens (including phenoxy) is 3. The van der Waals surface area contributed by atoms with Crippen molar-refractivity contribution in [3.05, 3.63) is 42.2 Å². The molecule has 0 saturated heterocycles. The Hall–Kier alpha value is -3.27. The summed E-state index contributed by atoms with van der Waals surface area (Å²) >= 11 is 0. The average molecular weight is 492 g/mol. The van der Waals surface area contributed by atoms with Crippen LogP contribution in [0.1, 0.15) is 10.5 Å². The number of pyridine rings is 1. The second kappa shape index (κ2) is 10.6. The van der Waals surface area contributed by atoms with Crippen molar-refractivity contribution in [1.82, 2.24) is 9.99 Å². The second-order valence-electron chi connectivity index (χ2n) is 6.25. The second-order valence-corrected chi connectivity index (χ2v) is 8.20. The molecule has 2 amide bonds. The summed E-state index contributed by atoms with van der Waals surface area (Å²) in [5.41, 5.74) is 4.84. The van der Waals surface area contributed by atoms with Gasteiger partial charge in [0.25, 0.3) is 11.8 Å². The first-order valence-electron chi connectivity index (χ1n) is 8.92. The summed E-state index contributed by atoms with van der Waals surface area (Å²) in [4.78, 5) is 27.2. The number of nitrogens with two attached hydrogens (primary N) is 2. The van der Waals surface area contributed by atoms with Gasteiger partial charge in [-0.3, -0.25) is 9.59 Å². The lowest BCUT2D eigenvalue weighted by Crippen LogP contribution is -2.45. The van der Waals surface area contributed by atoms with Crippen LogP contribution >= 0.6 is 0 Å². The lowest BCUT2D eigenvalue weighted by Gasteiger charge is -2.16. The van der Waals surface area contributed by atoms with Crippen LogP contribution in [-0.2, 0) is 24.1 Å². The number of alkyl halides is 3. The first-order chi connectivity index (χ1) is 15.4. The van der Waals surface area contributed by atoms with Crippen LogP contribution in [0, 0.1) is 0 Å². The molecular weight excluding hydrogens is 473 g/mol. The van der Waals surface area contributed by atoms with E-state index in [-0.39, 0.29) is 23.1 Å². The maximum absolute atomic E-state index is 12.7. The summed E-state index contributed by atoms with van der Waals surface area (Å²) in [5.74, 6) is 2.84. The number of sulfone groups is 1. The number of nitrogens with zero attached hydrogens (tertiary/aromatic N) is 2. The number of halogens is 3. The number of anilines is 1. The van der Waals surface area contributed by atoms with E-state index in [1.165, 1.54) is 7.11 Å². The Balaban J connectivity index is 2.18. The third-order valence-electron chi connectivity index (χ3n) is 3.92. The molecule has 0 spiro atoms. The zero-order chi connectivity index (χ0) is 24.8. The summed E-state index contributed by atoms with van der Waals surface area (Å²) in [7, 11) is -2.82. The predicted molar refractivity (Wildman–Crippen MR) is 105 cm³/mol. The van der Waals surface area contributed by atoms with Crippen molar-refractivity contribution in [2.75, 3.05) is 32.7 Å². The van der Waals surface area contributed by atoms with Crippen LogP contribution in [-0.4, -0.2) is 63.5 Å². The Kier molecular flexibility index (Phi) is 8.32. The highest BCUT2D eigenvalue weighted by Gasteiger charge is 2.31. The van der Waals surface area contributed by atoms with Gasteiger partial charge in [0.05, 0.1) is 28.7 Å². The number of hydrogen-bond donors (Lipinski definition) is 2. The van der Waals surface area contributed by atoms with Crippen LogP contribution in [0.3, 0.4) is 0 Å². The fourth-order valence-corrected chi connectivity index (χ4v) is 3.58. The van der Waals surface area contributed by atoms with Gasteiger partial charge in [-0.15, -0.1) is 13.2 Å². The highest BCUT2D eigenvalue weighted by atomic mass is 32.2. The van der Waals surface area contributed by atoms with Gasteiger partial charge in [0.2, 0.25) is 9.84 Å². The Morgan fingerprint density at radius 1 is 1.12 bits per heavy atom. The van der Waals surface area contributed by atoms with E-state index < -0.39 is 56.6 Å². The van der Waals surface area contributed by atoms with Crippen molar-refractivity contribution in [2.45, 2.75) is 16.2 Å². The van der Waals surface area contributed by atoms with Crippen LogP contribution < -0.4 is 16.3 Å². The molecular formula is C18H19F3N4O7S. The van der Waals surface area contributed by atoms with Crippen LogP contribution in [0.2, 0.25) is 0 Å². The van der Waals surface area contributed by atoms with E-state index in [2.05, 4.69) is 9.72 Å². The number of rotatable bonds is 9. The van der Waals surface area contributed by atoms with Crippen LogP contribution in [0.5, 0.6) is 5.75 Å². The molecule has 1 heterocycles. The van der Waals surface area contributed by atoms with Crippen molar-refractivity contribution in [2.24, 2.45) is 5.84 Å². The number of hydrogen-bond acceptors (Lipinski definition) is 10. The third-order valence-corrected chi connectivity index (χ3v) is 5.65. The lowest BCUT2D eigenvalue weighted by atomic mass is 10.3. The molecule has 4 N–H and O–H groups in total. The highest BCUT2D eigenvalue weighted by molar-refractivity contribution is 7.91. The summed E-state index contributed by atoms with van der Waals surface area (Å²) in [5, 5.41) is 0.221. The van der Waals surface area contributed by atoms with Crippen LogP contribution in [0.25, 0.3) is 0 Å². The van der Waals surface area contributed by atoms with E-state index in [0.717, 1.165) is 36.5 Å². The van der Waals surface area contributed by atoms with Crippen molar-refractivity contribution >= 4 is 27.3 Å². The zero-order valence-electron chi connectivity index (χ0n) is 17.0. The van der Waals surface area contributed by atoms with Gasteiger partial charge in [-0.05, 0) is 30.3 Å². The van der Waals surface area contributed by atoms with Gasteiger partial charge in [-0.1, -0.05) is 0 Å². The summed E-state index contributed by atoms with van der Waals surface area (Å²) in [6.07, 6.45) is -4.14. The van der Waals surface area contributed by atoms with Crippen molar-refractivity contribution in [3.8, 4) is 5.75 Å². The van der Waals surface area contributed by atoms with Gasteiger partial charge < -0.3 is 19.9 Å². The molecule has 1 aromatic carbocycles. The quantitative estimate of drug-likeness (QED) is 0.222. The molecule has 11 nitrogen and oxygen atoms in total. The average Bonchev–Trinajstić information content (AvgIpc) is 2.74. The highest BCUT2D eigenvalue weighted by Crippen LogP contribution is 2.27. The number of imide groups is 1. The van der Waals surface area contributed by atoms with E-state index in [4.69, 9.17) is 21.1 Å². The largest absolute Gasteiger partial charge is 0.573 e. The van der Waals surface area contributed by atoms with Gasteiger partial charge >= 0.3 is 6.36 Å². The number of carbonyl (C=O) groups excluding carboxylic acids is 2. The first-order valence-corrected chi connectivity index (χ1v) is 10.4. The van der Waals surface area contributed by atoms with Gasteiger partial charge in [-0.2, -0.15) is 0 Å². The fraction of sp³-hybridized carbons (Fsp3) is 0.278. The minimum atomic E-state index is -4.94. The SMILES string of the molecule is COCCOCC(=O)N(N)C(=O)c1ncc(S(=O)(=O)c2ccc(OC(F)(F)F)cc2)cc1N. The van der Waals surface area contributed by atoms with E-state index in [1.54, 1.807) is 0 Å². The maximum atomic E-state index is 12.7. The number of nitrogen functional groups attached to an aromatic ring is 1. The number of hydrazine groups is 1. The first kappa shape index (κ1) is 26.0. The normalized spacial score (nSPS) is 11.8. The Bertz CT molecular complexity index is 1110. The molecule has 15 heteroatoms. The molecule has 0 unspecified atom stereocenters. The summed E-state index contributed by atoms with van der Waals surface area (Å²) in [6, 6.07) is 4.34. The number of methoxy groups -OCH3 is 1. The molecule has 2 rings (SSSR count). The minimum Gasteiger partial charge on any atom is -0.406 e. The molecule has 0 atom stereocenters. The van der Waals surface area contributed by atoms with Gasteiger partial charge in [0.1, 0.15) is 12.4 Å². The molecule has 0 bridgehead atoms. The molecule has 2 aromatic rings. The molecule has 0 aliphatic carbocycles. The lowest BCUT2D eigenvalue weighted by molar-refractivity contribution is -0.274. The van der Waals surface area contributed by atoms with E-state index in [0.29, 0.717) is 0 Å². The Morgan fingerprint density at radius 2 is 1.76 bits per heavy atom. The van der Waals surface area contributed by atoms with Gasteiger partial charge in [0, 0.05) is 13.3 Å². The van der Waals surface area contributed by atoms with Gasteiger partial charge in [-0.25, -0.2) is 24.3 Å². The fourth-order valence-electron chi connectivity index (χ4n) is 2.34. The summed E-state index contributed by atoms with van der Waals surface area (Å²) < 4.78 is 75.6. The molecule has 0 radical (unpaired) electrons. The zero-order valence-corrected chi connectivity index (χ0v) is 17.9. The van der Waals surface area contributed by atoms with E-state index >= 15 is 0 Å². The molecule has 0 saturated carbocycles. The summed E-state index contributed by atoms with van der Waals surface area (Å²) in [6.45, 7) is -0.221. The number of benzene rings is 1. The molecule has 1 aromatic heterocycles. The van der Waals surface area contributed by atoms with E-state index in [9.17, 15) is 31.2 Å². The molecule has 180 valence electrons. The Morgan fingerprint density at radius 3 is 2.30 bits per heavy atom. The van der Waals surface area contributed by atoms with Crippen molar-refractivity contribution in [3.63, 3.8) is 0 Å². The monoisotopic (exact) mass is 492 g/mol. The van der Waals surface area contributed by atoms with Crippen LogP contribution in [0.15, 0.2) is 46.3 Å². The topological polar surface area (TPSA) is 164 Å². The molecule has 0 aliphatic rings. The molecule has 33 heavy (non-hydrogen) atoms. The maximum Gasteiger partial charge on any atom is 0.573 e. The van der Waals surface area contributed by atoms with Crippen LogP contribution in [0.4, 0.5) is 18.9 Å².